The zero-order valence-corrected chi connectivity index (χ0v) is 19.4. The molecule has 1 heterocycles. The summed E-state index contributed by atoms with van der Waals surface area (Å²) in [4.78, 5) is 64.3. The Labute approximate surface area is 206 Å². The molecule has 1 aromatic heterocycles. The van der Waals surface area contributed by atoms with E-state index in [0.29, 0.717) is 17.4 Å². The van der Waals surface area contributed by atoms with Crippen LogP contribution >= 0.6 is 0 Å². The summed E-state index contributed by atoms with van der Waals surface area (Å²) in [5.74, 6) is -2.56. The van der Waals surface area contributed by atoms with Gasteiger partial charge < -0.3 is 25.9 Å². The zero-order chi connectivity index (χ0) is 26.5. The minimum Gasteiger partial charge on any atom is -0.394 e. The Kier molecular flexibility index (Phi) is 10.9. The van der Waals surface area contributed by atoms with E-state index in [2.05, 4.69) is 31.8 Å². The third-order valence-corrected chi connectivity index (χ3v) is 4.81. The van der Waals surface area contributed by atoms with Crippen LogP contribution < -0.4 is 26.8 Å². The Hall–Kier alpha value is -4.39. The number of carbonyl (C=O) groups excluding carboxylic acids is 5. The SMILES string of the molecule is CC(=O)NNC(=O)N[C@@H](Cc1ccc(F)cc1)C(=O)N[C@@H](Cc1cccnc1)C(=O)N[C@H](C=O)CO. The number of hydrogen-bond acceptors (Lipinski definition) is 7. The number of carbonyl (C=O) groups is 5. The summed E-state index contributed by atoms with van der Waals surface area (Å²) >= 11 is 0. The summed E-state index contributed by atoms with van der Waals surface area (Å²) in [6, 6.07) is 4.03. The van der Waals surface area contributed by atoms with Gasteiger partial charge in [0.2, 0.25) is 17.7 Å². The normalized spacial score (nSPS) is 12.9. The van der Waals surface area contributed by atoms with Crippen LogP contribution in [0.1, 0.15) is 18.1 Å². The number of aliphatic hydroxyl groups excluding tert-OH is 1. The number of hydrogen-bond donors (Lipinski definition) is 6. The molecule has 0 saturated heterocycles. The summed E-state index contributed by atoms with van der Waals surface area (Å²) < 4.78 is 13.3. The van der Waals surface area contributed by atoms with E-state index in [-0.39, 0.29) is 12.8 Å². The highest BCUT2D eigenvalue weighted by Gasteiger charge is 2.28. The van der Waals surface area contributed by atoms with E-state index >= 15 is 0 Å². The van der Waals surface area contributed by atoms with Gasteiger partial charge in [-0.3, -0.25) is 24.8 Å². The lowest BCUT2D eigenvalue weighted by atomic mass is 10.0. The van der Waals surface area contributed by atoms with Crippen LogP contribution in [-0.2, 0) is 32.0 Å². The minimum absolute atomic E-state index is 0.0101. The number of aromatic nitrogens is 1. The topological polar surface area (TPSA) is 179 Å². The number of benzene rings is 1. The van der Waals surface area contributed by atoms with E-state index in [9.17, 15) is 33.5 Å². The number of amides is 5. The molecule has 0 spiro atoms. The molecule has 2 aromatic rings. The monoisotopic (exact) mass is 502 g/mol. The van der Waals surface area contributed by atoms with E-state index in [1.807, 2.05) is 0 Å². The van der Waals surface area contributed by atoms with Gasteiger partial charge in [-0.25, -0.2) is 14.6 Å². The lowest BCUT2D eigenvalue weighted by molar-refractivity contribution is -0.131. The van der Waals surface area contributed by atoms with Crippen molar-refractivity contribution >= 4 is 30.0 Å². The lowest BCUT2D eigenvalue weighted by Gasteiger charge is -2.24. The molecule has 2 rings (SSSR count). The fraction of sp³-hybridized carbons (Fsp3) is 0.304. The first-order valence-electron chi connectivity index (χ1n) is 10.8. The lowest BCUT2D eigenvalue weighted by Crippen LogP contribution is -2.58. The number of aldehydes is 1. The first kappa shape index (κ1) is 27.9. The van der Waals surface area contributed by atoms with Gasteiger partial charge in [-0.2, -0.15) is 0 Å². The fourth-order valence-corrected chi connectivity index (χ4v) is 3.05. The van der Waals surface area contributed by atoms with Crippen LogP contribution in [0.25, 0.3) is 0 Å². The van der Waals surface area contributed by atoms with Crippen molar-refractivity contribution in [3.63, 3.8) is 0 Å². The molecule has 0 bridgehead atoms. The molecule has 5 amide bonds. The molecule has 0 aliphatic rings. The van der Waals surface area contributed by atoms with Crippen molar-refractivity contribution in [3.05, 3.63) is 65.7 Å². The van der Waals surface area contributed by atoms with Gasteiger partial charge in [0.15, 0.2) is 0 Å². The molecular weight excluding hydrogens is 475 g/mol. The van der Waals surface area contributed by atoms with Gasteiger partial charge in [0.1, 0.15) is 30.2 Å². The largest absolute Gasteiger partial charge is 0.394 e. The maximum Gasteiger partial charge on any atom is 0.334 e. The third-order valence-electron chi connectivity index (χ3n) is 4.81. The highest BCUT2D eigenvalue weighted by atomic mass is 19.1. The van der Waals surface area contributed by atoms with Crippen LogP contribution in [0.3, 0.4) is 0 Å². The van der Waals surface area contributed by atoms with E-state index in [4.69, 9.17) is 0 Å². The van der Waals surface area contributed by atoms with Crippen molar-refractivity contribution < 1.29 is 33.5 Å². The summed E-state index contributed by atoms with van der Waals surface area (Å²) in [7, 11) is 0. The molecule has 1 aromatic carbocycles. The molecule has 0 aliphatic heterocycles. The van der Waals surface area contributed by atoms with E-state index in [1.54, 1.807) is 12.1 Å². The second kappa shape index (κ2) is 14.1. The molecule has 13 heteroatoms. The maximum atomic E-state index is 13.3. The van der Waals surface area contributed by atoms with Crippen LogP contribution in [0.5, 0.6) is 0 Å². The van der Waals surface area contributed by atoms with Crippen molar-refractivity contribution in [2.45, 2.75) is 37.9 Å². The van der Waals surface area contributed by atoms with Gasteiger partial charge in [0.05, 0.1) is 6.61 Å². The number of pyridine rings is 1. The fourth-order valence-electron chi connectivity index (χ4n) is 3.05. The van der Waals surface area contributed by atoms with Gasteiger partial charge in [0.25, 0.3) is 0 Å². The highest BCUT2D eigenvalue weighted by Crippen LogP contribution is 2.08. The smallest absolute Gasteiger partial charge is 0.334 e. The molecule has 3 atom stereocenters. The van der Waals surface area contributed by atoms with Crippen molar-refractivity contribution in [2.75, 3.05) is 6.61 Å². The number of urea groups is 1. The van der Waals surface area contributed by atoms with Gasteiger partial charge in [0, 0.05) is 32.2 Å². The number of halogens is 1. The average molecular weight is 503 g/mol. The molecule has 192 valence electrons. The molecule has 0 fully saturated rings. The van der Waals surface area contributed by atoms with Crippen LogP contribution in [0.15, 0.2) is 48.8 Å². The molecule has 0 radical (unpaired) electrons. The summed E-state index contributed by atoms with van der Waals surface area (Å²) in [6.45, 7) is 0.532. The number of aliphatic hydroxyl groups is 1. The third kappa shape index (κ3) is 9.46. The maximum absolute atomic E-state index is 13.3. The Morgan fingerprint density at radius 1 is 0.944 bits per heavy atom. The van der Waals surface area contributed by atoms with E-state index in [1.165, 1.54) is 43.6 Å². The predicted octanol–water partition coefficient (Wildman–Crippen LogP) is -1.11. The van der Waals surface area contributed by atoms with Crippen molar-refractivity contribution in [1.29, 1.82) is 0 Å². The predicted molar refractivity (Wildman–Crippen MR) is 124 cm³/mol. The van der Waals surface area contributed by atoms with Crippen LogP contribution in [-0.4, -0.2) is 64.9 Å². The average Bonchev–Trinajstić information content (AvgIpc) is 2.86. The Bertz CT molecular complexity index is 1050. The Morgan fingerprint density at radius 2 is 1.58 bits per heavy atom. The first-order chi connectivity index (χ1) is 17.2. The van der Waals surface area contributed by atoms with Crippen molar-refractivity contribution in [2.24, 2.45) is 0 Å². The van der Waals surface area contributed by atoms with Crippen LogP contribution in [0.2, 0.25) is 0 Å². The quantitative estimate of drug-likeness (QED) is 0.166. The van der Waals surface area contributed by atoms with Gasteiger partial charge in [-0.15, -0.1) is 0 Å². The summed E-state index contributed by atoms with van der Waals surface area (Å²) in [6.07, 6.45) is 3.29. The molecule has 6 N–H and O–H groups in total. The zero-order valence-electron chi connectivity index (χ0n) is 19.4. The molecular formula is C23H27FN6O6. The van der Waals surface area contributed by atoms with E-state index in [0.717, 1.165) is 0 Å². The summed E-state index contributed by atoms with van der Waals surface area (Å²) in [5, 5.41) is 16.5. The number of rotatable bonds is 11. The summed E-state index contributed by atoms with van der Waals surface area (Å²) in [5.41, 5.74) is 5.25. The standard InChI is InChI=1S/C23H27FN6O6/c1-14(33)29-30-23(36)28-20(9-15-4-6-17(24)7-5-15)22(35)27-19(10-16-3-2-8-25-11-16)21(34)26-18(12-31)13-32/h2-8,11-12,18-20,32H,9-10,13H2,1H3,(H,26,34)(H,27,35)(H,29,33)(H2,28,30,36)/t18-,19+,20+/m1/s1. The Morgan fingerprint density at radius 3 is 2.17 bits per heavy atom. The molecule has 0 aliphatic carbocycles. The van der Waals surface area contributed by atoms with Crippen LogP contribution in [0, 0.1) is 5.82 Å². The second-order valence-corrected chi connectivity index (χ2v) is 7.72. The minimum atomic E-state index is -1.24. The van der Waals surface area contributed by atoms with E-state index < -0.39 is 54.3 Å². The number of nitrogens with one attached hydrogen (secondary N) is 5. The van der Waals surface area contributed by atoms with Crippen molar-refractivity contribution in [3.8, 4) is 0 Å². The van der Waals surface area contributed by atoms with Gasteiger partial charge in [-0.1, -0.05) is 18.2 Å². The molecule has 12 nitrogen and oxygen atoms in total. The van der Waals surface area contributed by atoms with Gasteiger partial charge in [-0.05, 0) is 29.3 Å². The molecule has 0 unspecified atom stereocenters. The number of nitrogens with zero attached hydrogens (tertiary/aromatic N) is 1. The number of hydrazine groups is 1. The second-order valence-electron chi connectivity index (χ2n) is 7.72. The molecule has 36 heavy (non-hydrogen) atoms. The molecule has 0 saturated carbocycles. The van der Waals surface area contributed by atoms with Crippen LogP contribution in [0.4, 0.5) is 9.18 Å². The Balaban J connectivity index is 2.24. The van der Waals surface area contributed by atoms with Gasteiger partial charge >= 0.3 is 6.03 Å². The highest BCUT2D eigenvalue weighted by molar-refractivity contribution is 5.93. The first-order valence-corrected chi connectivity index (χ1v) is 10.8. The van der Waals surface area contributed by atoms with Crippen molar-refractivity contribution in [1.82, 2.24) is 31.8 Å².